The maximum absolute atomic E-state index is 10.7. The SMILES string of the molecule is CN(C)C1CCN(c2cccc(-c3cccc(C=CC(=O)O)c3)n2)CC1. The second-order valence-corrected chi connectivity index (χ2v) is 6.86. The van der Waals surface area contributed by atoms with Gasteiger partial charge in [0.2, 0.25) is 0 Å². The second kappa shape index (κ2) is 8.15. The lowest BCUT2D eigenvalue weighted by molar-refractivity contribution is -0.131. The summed E-state index contributed by atoms with van der Waals surface area (Å²) < 4.78 is 0. The van der Waals surface area contributed by atoms with Gasteiger partial charge in [-0.2, -0.15) is 0 Å². The molecule has 2 heterocycles. The summed E-state index contributed by atoms with van der Waals surface area (Å²) in [5, 5.41) is 8.79. The number of carboxylic acid groups (broad SMARTS) is 1. The van der Waals surface area contributed by atoms with Crippen LogP contribution in [-0.4, -0.2) is 54.2 Å². The van der Waals surface area contributed by atoms with Crippen LogP contribution in [-0.2, 0) is 4.79 Å². The lowest BCUT2D eigenvalue weighted by Gasteiger charge is -2.35. The van der Waals surface area contributed by atoms with E-state index < -0.39 is 5.97 Å². The molecule has 2 aromatic rings. The molecule has 0 amide bonds. The highest BCUT2D eigenvalue weighted by molar-refractivity contribution is 5.85. The van der Waals surface area contributed by atoms with Gasteiger partial charge in [0.15, 0.2) is 0 Å². The van der Waals surface area contributed by atoms with E-state index in [0.717, 1.165) is 54.6 Å². The van der Waals surface area contributed by atoms with Gasteiger partial charge in [0.25, 0.3) is 0 Å². The number of carboxylic acids is 1. The Bertz CT molecular complexity index is 793. The van der Waals surface area contributed by atoms with Crippen molar-refractivity contribution in [3.05, 3.63) is 54.1 Å². The Labute approximate surface area is 154 Å². The summed E-state index contributed by atoms with van der Waals surface area (Å²) in [6.07, 6.45) is 5.04. The fraction of sp³-hybridized carbons (Fsp3) is 0.333. The number of hydrogen-bond donors (Lipinski definition) is 1. The number of nitrogens with zero attached hydrogens (tertiary/aromatic N) is 3. The van der Waals surface area contributed by atoms with Crippen LogP contribution in [0.4, 0.5) is 5.82 Å². The quantitative estimate of drug-likeness (QED) is 0.837. The maximum atomic E-state index is 10.7. The molecule has 0 atom stereocenters. The van der Waals surface area contributed by atoms with Gasteiger partial charge in [0, 0.05) is 30.8 Å². The number of aromatic nitrogens is 1. The molecule has 0 bridgehead atoms. The minimum absolute atomic E-state index is 0.645. The van der Waals surface area contributed by atoms with Crippen molar-refractivity contribution in [2.45, 2.75) is 18.9 Å². The second-order valence-electron chi connectivity index (χ2n) is 6.86. The first-order valence-electron chi connectivity index (χ1n) is 8.93. The molecule has 1 aliphatic rings. The molecule has 1 aliphatic heterocycles. The minimum atomic E-state index is -0.948. The third-order valence-corrected chi connectivity index (χ3v) is 4.85. The molecule has 0 spiro atoms. The number of aliphatic carboxylic acids is 1. The highest BCUT2D eigenvalue weighted by atomic mass is 16.4. The molecule has 1 aromatic carbocycles. The largest absolute Gasteiger partial charge is 0.478 e. The van der Waals surface area contributed by atoms with Gasteiger partial charge in [0.05, 0.1) is 5.69 Å². The van der Waals surface area contributed by atoms with Crippen molar-refractivity contribution in [3.8, 4) is 11.3 Å². The van der Waals surface area contributed by atoms with Crippen LogP contribution in [0.15, 0.2) is 48.5 Å². The molecule has 26 heavy (non-hydrogen) atoms. The van der Waals surface area contributed by atoms with E-state index in [2.05, 4.69) is 30.0 Å². The van der Waals surface area contributed by atoms with Crippen molar-refractivity contribution >= 4 is 17.9 Å². The molecule has 0 aliphatic carbocycles. The standard InChI is InChI=1S/C21H25N3O2/c1-23(2)18-11-13-24(14-12-18)20-8-4-7-19(22-20)17-6-3-5-16(15-17)9-10-21(25)26/h3-10,15,18H,11-14H2,1-2H3,(H,25,26). The van der Waals surface area contributed by atoms with Crippen molar-refractivity contribution in [2.24, 2.45) is 0 Å². The fourth-order valence-electron chi connectivity index (χ4n) is 3.34. The van der Waals surface area contributed by atoms with E-state index >= 15 is 0 Å². The number of hydrogen-bond acceptors (Lipinski definition) is 4. The first-order chi connectivity index (χ1) is 12.5. The lowest BCUT2D eigenvalue weighted by Crippen LogP contribution is -2.42. The number of benzene rings is 1. The predicted octanol–water partition coefficient (Wildman–Crippen LogP) is 3.38. The van der Waals surface area contributed by atoms with Crippen LogP contribution in [0.1, 0.15) is 18.4 Å². The first-order valence-corrected chi connectivity index (χ1v) is 8.93. The zero-order valence-corrected chi connectivity index (χ0v) is 15.3. The molecule has 3 rings (SSSR count). The van der Waals surface area contributed by atoms with Gasteiger partial charge in [-0.05, 0) is 56.8 Å². The Balaban J connectivity index is 1.78. The molecule has 5 nitrogen and oxygen atoms in total. The van der Waals surface area contributed by atoms with E-state index in [1.54, 1.807) is 6.08 Å². The average Bonchev–Trinajstić information content (AvgIpc) is 2.67. The normalized spacial score (nSPS) is 15.7. The Hall–Kier alpha value is -2.66. The molecular formula is C21H25N3O2. The summed E-state index contributed by atoms with van der Waals surface area (Å²) in [6, 6.07) is 14.5. The highest BCUT2D eigenvalue weighted by Crippen LogP contribution is 2.24. The Morgan fingerprint density at radius 3 is 2.62 bits per heavy atom. The third kappa shape index (κ3) is 4.49. The number of rotatable bonds is 5. The lowest BCUT2D eigenvalue weighted by atomic mass is 10.0. The van der Waals surface area contributed by atoms with E-state index in [-0.39, 0.29) is 0 Å². The van der Waals surface area contributed by atoms with Gasteiger partial charge >= 0.3 is 5.97 Å². The van der Waals surface area contributed by atoms with E-state index in [4.69, 9.17) is 10.1 Å². The zero-order valence-electron chi connectivity index (χ0n) is 15.3. The third-order valence-electron chi connectivity index (χ3n) is 4.85. The molecule has 5 heteroatoms. The monoisotopic (exact) mass is 351 g/mol. The molecule has 1 N–H and O–H groups in total. The van der Waals surface area contributed by atoms with Crippen molar-refractivity contribution in [2.75, 3.05) is 32.1 Å². The van der Waals surface area contributed by atoms with Gasteiger partial charge in [-0.25, -0.2) is 9.78 Å². The topological polar surface area (TPSA) is 56.7 Å². The van der Waals surface area contributed by atoms with Crippen LogP contribution in [0.3, 0.4) is 0 Å². The maximum Gasteiger partial charge on any atom is 0.328 e. The van der Waals surface area contributed by atoms with Crippen molar-refractivity contribution in [1.29, 1.82) is 0 Å². The van der Waals surface area contributed by atoms with Crippen LogP contribution in [0, 0.1) is 0 Å². The molecule has 1 fully saturated rings. The van der Waals surface area contributed by atoms with Crippen molar-refractivity contribution < 1.29 is 9.90 Å². The van der Waals surface area contributed by atoms with Gasteiger partial charge in [-0.1, -0.05) is 24.3 Å². The van der Waals surface area contributed by atoms with E-state index in [0.29, 0.717) is 6.04 Å². The number of carbonyl (C=O) groups is 1. The van der Waals surface area contributed by atoms with Crippen LogP contribution in [0.2, 0.25) is 0 Å². The number of anilines is 1. The van der Waals surface area contributed by atoms with Gasteiger partial charge in [0.1, 0.15) is 5.82 Å². The smallest absolute Gasteiger partial charge is 0.328 e. The van der Waals surface area contributed by atoms with E-state index in [1.807, 2.05) is 36.4 Å². The minimum Gasteiger partial charge on any atom is -0.478 e. The Morgan fingerprint density at radius 1 is 1.19 bits per heavy atom. The predicted molar refractivity (Wildman–Crippen MR) is 105 cm³/mol. The summed E-state index contributed by atoms with van der Waals surface area (Å²) in [7, 11) is 4.29. The van der Waals surface area contributed by atoms with Crippen LogP contribution >= 0.6 is 0 Å². The van der Waals surface area contributed by atoms with E-state index in [9.17, 15) is 4.79 Å². The zero-order chi connectivity index (χ0) is 18.5. The first kappa shape index (κ1) is 18.1. The number of piperidine rings is 1. The molecule has 0 unspecified atom stereocenters. The van der Waals surface area contributed by atoms with Crippen LogP contribution in [0.25, 0.3) is 17.3 Å². The fourth-order valence-corrected chi connectivity index (χ4v) is 3.34. The summed E-state index contributed by atoms with van der Waals surface area (Å²) in [5.74, 6) is 0.0582. The molecule has 1 saturated heterocycles. The summed E-state index contributed by atoms with van der Waals surface area (Å²) in [4.78, 5) is 20.2. The van der Waals surface area contributed by atoms with Crippen LogP contribution < -0.4 is 4.90 Å². The summed E-state index contributed by atoms with van der Waals surface area (Å²) >= 11 is 0. The van der Waals surface area contributed by atoms with Gasteiger partial charge in [-0.3, -0.25) is 0 Å². The molecule has 136 valence electrons. The summed E-state index contributed by atoms with van der Waals surface area (Å²) in [6.45, 7) is 2.03. The Kier molecular flexibility index (Phi) is 5.68. The van der Waals surface area contributed by atoms with Gasteiger partial charge < -0.3 is 14.9 Å². The Morgan fingerprint density at radius 2 is 1.92 bits per heavy atom. The molecule has 1 aromatic heterocycles. The highest BCUT2D eigenvalue weighted by Gasteiger charge is 2.21. The molecule has 0 radical (unpaired) electrons. The average molecular weight is 351 g/mol. The van der Waals surface area contributed by atoms with Crippen molar-refractivity contribution in [3.63, 3.8) is 0 Å². The summed E-state index contributed by atoms with van der Waals surface area (Å²) in [5.41, 5.74) is 2.74. The van der Waals surface area contributed by atoms with Crippen LogP contribution in [0.5, 0.6) is 0 Å². The number of pyridine rings is 1. The van der Waals surface area contributed by atoms with E-state index in [1.165, 1.54) is 0 Å². The molecular weight excluding hydrogens is 326 g/mol. The molecule has 0 saturated carbocycles. The van der Waals surface area contributed by atoms with Gasteiger partial charge in [-0.15, -0.1) is 0 Å². The van der Waals surface area contributed by atoms with Crippen molar-refractivity contribution in [1.82, 2.24) is 9.88 Å².